The first-order chi connectivity index (χ1) is 10.5. The monoisotopic (exact) mass is 299 g/mol. The van der Waals surface area contributed by atoms with Crippen LogP contribution in [0.15, 0.2) is 12.1 Å². The number of aryl methyl sites for hydroxylation is 1. The summed E-state index contributed by atoms with van der Waals surface area (Å²) in [5.74, 6) is 0. The Kier molecular flexibility index (Phi) is 4.28. The third kappa shape index (κ3) is 2.57. The number of benzene rings is 1. The quantitative estimate of drug-likeness (QED) is 0.854. The van der Waals surface area contributed by atoms with Gasteiger partial charge in [-0.2, -0.15) is 0 Å². The highest BCUT2D eigenvalue weighted by Gasteiger charge is 2.23. The molecule has 1 N–H and O–H groups in total. The van der Waals surface area contributed by atoms with Crippen molar-refractivity contribution in [3.63, 3.8) is 0 Å². The van der Waals surface area contributed by atoms with Crippen LogP contribution in [0.3, 0.4) is 0 Å². The molecule has 3 heteroatoms. The second kappa shape index (κ2) is 6.05. The summed E-state index contributed by atoms with van der Waals surface area (Å²) in [6.45, 7) is 13.3. The van der Waals surface area contributed by atoms with Crippen LogP contribution in [-0.2, 0) is 26.6 Å². The third-order valence-corrected chi connectivity index (χ3v) is 5.22. The van der Waals surface area contributed by atoms with Gasteiger partial charge in [0.25, 0.3) is 0 Å². The van der Waals surface area contributed by atoms with Gasteiger partial charge in [-0.05, 0) is 69.1 Å². The zero-order valence-electron chi connectivity index (χ0n) is 14.7. The van der Waals surface area contributed by atoms with E-state index in [-0.39, 0.29) is 0 Å². The maximum atomic E-state index is 3.45. The lowest BCUT2D eigenvalue weighted by atomic mass is 10.0. The van der Waals surface area contributed by atoms with E-state index in [1.54, 1.807) is 0 Å². The second-order valence-electron chi connectivity index (χ2n) is 6.86. The van der Waals surface area contributed by atoms with Crippen molar-refractivity contribution in [2.75, 3.05) is 13.1 Å². The fourth-order valence-electron chi connectivity index (χ4n) is 3.63. The Balaban J connectivity index is 2.00. The van der Waals surface area contributed by atoms with Crippen LogP contribution in [0, 0.1) is 6.92 Å². The van der Waals surface area contributed by atoms with Gasteiger partial charge in [0, 0.05) is 42.8 Å². The molecule has 0 amide bonds. The Bertz CT molecular complexity index is 682. The molecule has 0 bridgehead atoms. The smallest absolute Gasteiger partial charge is 0.0486 e. The number of aromatic nitrogens is 1. The molecule has 1 aliphatic rings. The van der Waals surface area contributed by atoms with Crippen LogP contribution < -0.4 is 5.32 Å². The van der Waals surface area contributed by atoms with Gasteiger partial charge in [-0.25, -0.2) is 0 Å². The Morgan fingerprint density at radius 2 is 1.86 bits per heavy atom. The molecule has 0 unspecified atom stereocenters. The van der Waals surface area contributed by atoms with Crippen LogP contribution >= 0.6 is 0 Å². The summed E-state index contributed by atoms with van der Waals surface area (Å²) < 4.78 is 2.37. The van der Waals surface area contributed by atoms with Gasteiger partial charge in [0.2, 0.25) is 0 Å². The molecule has 120 valence electrons. The van der Waals surface area contributed by atoms with Crippen molar-refractivity contribution in [1.82, 2.24) is 14.8 Å². The zero-order valence-corrected chi connectivity index (χ0v) is 14.7. The molecule has 3 nitrogen and oxygen atoms in total. The van der Waals surface area contributed by atoms with E-state index >= 15 is 0 Å². The number of nitrogens with one attached hydrogen (secondary N) is 1. The number of fused-ring (bicyclic) bond motifs is 2. The van der Waals surface area contributed by atoms with Gasteiger partial charge >= 0.3 is 0 Å². The van der Waals surface area contributed by atoms with E-state index in [4.69, 9.17) is 0 Å². The van der Waals surface area contributed by atoms with E-state index in [9.17, 15) is 0 Å². The molecular weight excluding hydrogens is 270 g/mol. The van der Waals surface area contributed by atoms with Crippen LogP contribution in [0.2, 0.25) is 0 Å². The average Bonchev–Trinajstić information content (AvgIpc) is 3.00. The van der Waals surface area contributed by atoms with E-state index in [0.717, 1.165) is 32.6 Å². The topological polar surface area (TPSA) is 20.2 Å². The predicted molar refractivity (Wildman–Crippen MR) is 94.3 cm³/mol. The normalized spacial score (nSPS) is 15.2. The van der Waals surface area contributed by atoms with E-state index in [0.29, 0.717) is 6.04 Å². The Hall–Kier alpha value is -1.32. The molecule has 0 radical (unpaired) electrons. The molecule has 0 atom stereocenters. The molecule has 3 rings (SSSR count). The molecule has 0 aliphatic carbocycles. The maximum absolute atomic E-state index is 3.45. The molecule has 0 saturated heterocycles. The summed E-state index contributed by atoms with van der Waals surface area (Å²) in [6.07, 6.45) is 1.11. The van der Waals surface area contributed by atoms with Crippen LogP contribution in [-0.4, -0.2) is 28.6 Å². The van der Waals surface area contributed by atoms with Gasteiger partial charge in [0.1, 0.15) is 0 Å². The lowest BCUT2D eigenvalue weighted by Crippen LogP contribution is -2.24. The minimum Gasteiger partial charge on any atom is -0.348 e. The molecule has 22 heavy (non-hydrogen) atoms. The van der Waals surface area contributed by atoms with Crippen LogP contribution in [0.25, 0.3) is 10.9 Å². The van der Waals surface area contributed by atoms with Crippen molar-refractivity contribution >= 4 is 10.9 Å². The highest BCUT2D eigenvalue weighted by atomic mass is 15.2. The SMILES string of the molecule is CCNCCc1c(C)n(C)c2cc3c(cc12)CN(C(C)C)C3. The number of nitrogens with zero attached hydrogens (tertiary/aromatic N) is 2. The molecule has 1 aliphatic heterocycles. The summed E-state index contributed by atoms with van der Waals surface area (Å²) in [7, 11) is 2.20. The van der Waals surface area contributed by atoms with Gasteiger partial charge in [0.05, 0.1) is 0 Å². The zero-order chi connectivity index (χ0) is 15.9. The first kappa shape index (κ1) is 15.6. The van der Waals surface area contributed by atoms with Crippen molar-refractivity contribution in [3.05, 3.63) is 34.5 Å². The third-order valence-electron chi connectivity index (χ3n) is 5.22. The first-order valence-electron chi connectivity index (χ1n) is 8.57. The molecule has 2 aromatic rings. The first-order valence-corrected chi connectivity index (χ1v) is 8.57. The average molecular weight is 299 g/mol. The standard InChI is InChI=1S/C19H29N3/c1-6-20-8-7-17-14(4)21(5)19-10-16-12-22(13(2)3)11-15(16)9-18(17)19/h9-10,13,20H,6-8,11-12H2,1-5H3. The number of hydrogen-bond donors (Lipinski definition) is 1. The van der Waals surface area contributed by atoms with Gasteiger partial charge in [-0.1, -0.05) is 6.92 Å². The fourth-order valence-corrected chi connectivity index (χ4v) is 3.63. The van der Waals surface area contributed by atoms with Crippen molar-refractivity contribution in [1.29, 1.82) is 0 Å². The molecule has 0 fully saturated rings. The van der Waals surface area contributed by atoms with Crippen molar-refractivity contribution < 1.29 is 0 Å². The lowest BCUT2D eigenvalue weighted by molar-refractivity contribution is 0.227. The van der Waals surface area contributed by atoms with Gasteiger partial charge in [-0.15, -0.1) is 0 Å². The van der Waals surface area contributed by atoms with Crippen molar-refractivity contribution in [2.24, 2.45) is 7.05 Å². The number of likely N-dealkylation sites (N-methyl/N-ethyl adjacent to an activating group) is 1. The van der Waals surface area contributed by atoms with E-state index in [2.05, 4.69) is 61.7 Å². The Morgan fingerprint density at radius 1 is 1.18 bits per heavy atom. The number of hydrogen-bond acceptors (Lipinski definition) is 2. The van der Waals surface area contributed by atoms with Crippen molar-refractivity contribution in [2.45, 2.75) is 53.2 Å². The number of rotatable bonds is 5. The molecule has 1 aromatic carbocycles. The van der Waals surface area contributed by atoms with Crippen molar-refractivity contribution in [3.8, 4) is 0 Å². The summed E-state index contributed by atoms with van der Waals surface area (Å²) in [6, 6.07) is 5.50. The van der Waals surface area contributed by atoms with Crippen LogP contribution in [0.4, 0.5) is 0 Å². The molecule has 2 heterocycles. The molecular formula is C19H29N3. The minimum atomic E-state index is 0.616. The van der Waals surface area contributed by atoms with E-state index in [1.807, 2.05) is 0 Å². The largest absolute Gasteiger partial charge is 0.348 e. The summed E-state index contributed by atoms with van der Waals surface area (Å²) in [5, 5.41) is 4.92. The van der Waals surface area contributed by atoms with Crippen LogP contribution in [0.1, 0.15) is 43.2 Å². The maximum Gasteiger partial charge on any atom is 0.0486 e. The van der Waals surface area contributed by atoms with E-state index < -0.39 is 0 Å². The predicted octanol–water partition coefficient (Wildman–Crippen LogP) is 3.36. The minimum absolute atomic E-state index is 0.616. The van der Waals surface area contributed by atoms with Crippen LogP contribution in [0.5, 0.6) is 0 Å². The Labute approximate surface area is 134 Å². The summed E-state index contributed by atoms with van der Waals surface area (Å²) >= 11 is 0. The van der Waals surface area contributed by atoms with Gasteiger partial charge in [0.15, 0.2) is 0 Å². The highest BCUT2D eigenvalue weighted by molar-refractivity contribution is 5.87. The molecule has 0 saturated carbocycles. The molecule has 0 spiro atoms. The highest BCUT2D eigenvalue weighted by Crippen LogP contribution is 2.33. The Morgan fingerprint density at radius 3 is 2.50 bits per heavy atom. The lowest BCUT2D eigenvalue weighted by Gasteiger charge is -2.18. The van der Waals surface area contributed by atoms with Gasteiger partial charge in [-0.3, -0.25) is 4.90 Å². The summed E-state index contributed by atoms with van der Waals surface area (Å²) in [5.41, 5.74) is 7.37. The van der Waals surface area contributed by atoms with E-state index in [1.165, 1.54) is 33.3 Å². The molecule has 1 aromatic heterocycles. The second-order valence-corrected chi connectivity index (χ2v) is 6.86. The van der Waals surface area contributed by atoms with Gasteiger partial charge < -0.3 is 9.88 Å². The fraction of sp³-hybridized carbons (Fsp3) is 0.579. The summed E-state index contributed by atoms with van der Waals surface area (Å²) in [4.78, 5) is 2.55.